The number of ether oxygens (including phenoxy) is 2. The van der Waals surface area contributed by atoms with E-state index in [0.29, 0.717) is 19.6 Å². The third kappa shape index (κ3) is 5.53. The van der Waals surface area contributed by atoms with Crippen molar-refractivity contribution in [1.82, 2.24) is 5.32 Å². The van der Waals surface area contributed by atoms with Crippen molar-refractivity contribution in [3.05, 3.63) is 30.3 Å². The molecule has 8 heteroatoms. The van der Waals surface area contributed by atoms with E-state index in [0.717, 1.165) is 5.69 Å². The van der Waals surface area contributed by atoms with Gasteiger partial charge in [0.1, 0.15) is 11.8 Å². The molecule has 2 N–H and O–H groups in total. The highest BCUT2D eigenvalue weighted by atomic mass is 16.5. The number of hydrazone groups is 1. The van der Waals surface area contributed by atoms with Gasteiger partial charge in [0.25, 0.3) is 0 Å². The number of carbonyl (C=O) groups is 2. The molecule has 2 rings (SSSR count). The Kier molecular flexibility index (Phi) is 8.04. The van der Waals surface area contributed by atoms with Crippen LogP contribution in [0.5, 0.6) is 0 Å². The maximum atomic E-state index is 12.6. The Morgan fingerprint density at radius 2 is 2.08 bits per heavy atom. The number of nitrogens with one attached hydrogen (secondary N) is 1. The van der Waals surface area contributed by atoms with E-state index in [9.17, 15) is 9.59 Å². The van der Waals surface area contributed by atoms with E-state index in [1.165, 1.54) is 0 Å². The van der Waals surface area contributed by atoms with Crippen molar-refractivity contribution in [1.29, 1.82) is 0 Å². The molecular formula is C18H25N3O5. The van der Waals surface area contributed by atoms with Crippen molar-refractivity contribution >= 4 is 23.3 Å². The lowest BCUT2D eigenvalue weighted by atomic mass is 10.1. The largest absolute Gasteiger partial charge is 0.461 e. The average Bonchev–Trinajstić information content (AvgIpc) is 3.11. The van der Waals surface area contributed by atoms with Gasteiger partial charge in [0.15, 0.2) is 0 Å². The Balaban J connectivity index is 1.98. The second-order valence-electron chi connectivity index (χ2n) is 5.65. The fraction of sp³-hybridized carbons (Fsp3) is 0.500. The minimum absolute atomic E-state index is 0.0194. The van der Waals surface area contributed by atoms with Crippen LogP contribution in [0.25, 0.3) is 0 Å². The molecule has 0 saturated heterocycles. The summed E-state index contributed by atoms with van der Waals surface area (Å²) < 4.78 is 10.2. The fourth-order valence-electron chi connectivity index (χ4n) is 2.54. The van der Waals surface area contributed by atoms with Crippen LogP contribution in [0.3, 0.4) is 0 Å². The zero-order chi connectivity index (χ0) is 18.8. The highest BCUT2D eigenvalue weighted by Crippen LogP contribution is 2.25. The van der Waals surface area contributed by atoms with Gasteiger partial charge in [-0.15, -0.1) is 0 Å². The first-order valence-corrected chi connectivity index (χ1v) is 8.72. The third-order valence-electron chi connectivity index (χ3n) is 3.75. The monoisotopic (exact) mass is 363 g/mol. The summed E-state index contributed by atoms with van der Waals surface area (Å²) in [4.78, 5) is 24.6. The third-order valence-corrected chi connectivity index (χ3v) is 3.75. The highest BCUT2D eigenvalue weighted by Gasteiger charge is 2.36. The molecule has 0 radical (unpaired) electrons. The summed E-state index contributed by atoms with van der Waals surface area (Å²) in [6, 6.07) is 8.63. The van der Waals surface area contributed by atoms with Crippen LogP contribution in [0.4, 0.5) is 5.69 Å². The van der Waals surface area contributed by atoms with Gasteiger partial charge >= 0.3 is 5.97 Å². The molecule has 0 aromatic heterocycles. The molecule has 0 bridgehead atoms. The van der Waals surface area contributed by atoms with Crippen LogP contribution < -0.4 is 10.3 Å². The summed E-state index contributed by atoms with van der Waals surface area (Å²) in [6.45, 7) is 3.15. The van der Waals surface area contributed by atoms with Gasteiger partial charge in [0, 0.05) is 19.6 Å². The smallest absolute Gasteiger partial charge is 0.354 e. The lowest BCUT2D eigenvalue weighted by Gasteiger charge is -2.22. The number of esters is 1. The molecule has 1 aliphatic rings. The molecular weight excluding hydrogens is 338 g/mol. The molecule has 0 saturated carbocycles. The summed E-state index contributed by atoms with van der Waals surface area (Å²) in [5, 5.41) is 17.4. The predicted octanol–water partition coefficient (Wildman–Crippen LogP) is 0.700. The zero-order valence-electron chi connectivity index (χ0n) is 14.9. The van der Waals surface area contributed by atoms with Gasteiger partial charge in [-0.25, -0.2) is 4.79 Å². The Hall–Kier alpha value is -2.45. The summed E-state index contributed by atoms with van der Waals surface area (Å²) in [6.07, 6.45) is 0.829. The summed E-state index contributed by atoms with van der Waals surface area (Å²) in [5.41, 5.74) is 0.973. The minimum atomic E-state index is -0.602. The molecule has 0 fully saturated rings. The molecule has 1 heterocycles. The first kappa shape index (κ1) is 19.9. The summed E-state index contributed by atoms with van der Waals surface area (Å²) >= 11 is 0. The quantitative estimate of drug-likeness (QED) is 0.469. The number of benzene rings is 1. The van der Waals surface area contributed by atoms with Crippen molar-refractivity contribution in [3.63, 3.8) is 0 Å². The van der Waals surface area contributed by atoms with Gasteiger partial charge in [-0.1, -0.05) is 18.2 Å². The number of carbonyl (C=O) groups excluding carboxylic acids is 2. The van der Waals surface area contributed by atoms with E-state index in [-0.39, 0.29) is 37.9 Å². The molecule has 0 aliphatic carbocycles. The number of para-hydroxylation sites is 1. The van der Waals surface area contributed by atoms with Crippen LogP contribution in [0, 0.1) is 0 Å². The Labute approximate surface area is 152 Å². The van der Waals surface area contributed by atoms with Gasteiger partial charge in [-0.3, -0.25) is 9.80 Å². The molecule has 142 valence electrons. The molecule has 8 nitrogen and oxygen atoms in total. The van der Waals surface area contributed by atoms with E-state index >= 15 is 0 Å². The molecule has 1 amide bonds. The first-order valence-electron chi connectivity index (χ1n) is 8.72. The maximum Gasteiger partial charge on any atom is 0.354 e. The second-order valence-corrected chi connectivity index (χ2v) is 5.65. The fourth-order valence-corrected chi connectivity index (χ4v) is 2.54. The number of aliphatic hydroxyl groups is 1. The van der Waals surface area contributed by atoms with Gasteiger partial charge in [-0.2, -0.15) is 5.10 Å². The van der Waals surface area contributed by atoms with Gasteiger partial charge in [-0.05, 0) is 25.5 Å². The molecule has 1 atom stereocenters. The van der Waals surface area contributed by atoms with Gasteiger partial charge < -0.3 is 19.9 Å². The van der Waals surface area contributed by atoms with Crippen molar-refractivity contribution in [2.24, 2.45) is 5.10 Å². The predicted molar refractivity (Wildman–Crippen MR) is 96.9 cm³/mol. The van der Waals surface area contributed by atoms with Crippen LogP contribution in [0.2, 0.25) is 0 Å². The Morgan fingerprint density at radius 1 is 1.31 bits per heavy atom. The van der Waals surface area contributed by atoms with E-state index in [4.69, 9.17) is 14.6 Å². The molecule has 1 aliphatic heterocycles. The summed E-state index contributed by atoms with van der Waals surface area (Å²) in [5.74, 6) is -0.708. The molecule has 1 unspecified atom stereocenters. The maximum absolute atomic E-state index is 12.6. The molecule has 26 heavy (non-hydrogen) atoms. The average molecular weight is 363 g/mol. The lowest BCUT2D eigenvalue weighted by Crippen LogP contribution is -2.43. The number of hydrogen-bond donors (Lipinski definition) is 2. The van der Waals surface area contributed by atoms with E-state index in [1.807, 2.05) is 30.3 Å². The van der Waals surface area contributed by atoms with Gasteiger partial charge in [0.05, 0.1) is 25.5 Å². The Bertz CT molecular complexity index is 621. The summed E-state index contributed by atoms with van der Waals surface area (Å²) in [7, 11) is 0. The molecule has 0 spiro atoms. The van der Waals surface area contributed by atoms with E-state index < -0.39 is 12.0 Å². The van der Waals surface area contributed by atoms with Crippen LogP contribution in [0.15, 0.2) is 35.4 Å². The topological polar surface area (TPSA) is 100 Å². The Morgan fingerprint density at radius 3 is 2.77 bits per heavy atom. The normalized spacial score (nSPS) is 16.3. The van der Waals surface area contributed by atoms with Crippen molar-refractivity contribution < 1.29 is 24.2 Å². The van der Waals surface area contributed by atoms with Crippen LogP contribution in [-0.2, 0) is 19.1 Å². The number of nitrogens with zero attached hydrogens (tertiary/aromatic N) is 2. The molecule has 1 aromatic carbocycles. The number of anilines is 1. The van der Waals surface area contributed by atoms with E-state index in [1.54, 1.807) is 11.9 Å². The van der Waals surface area contributed by atoms with Crippen LogP contribution >= 0.6 is 0 Å². The SMILES string of the molecule is CCOC(=O)C1=NN(c2ccccc2)C(C(=O)NCCCOCCO)C1. The highest BCUT2D eigenvalue weighted by molar-refractivity contribution is 6.38. The first-order chi connectivity index (χ1) is 12.7. The number of rotatable bonds is 10. The minimum Gasteiger partial charge on any atom is -0.461 e. The standard InChI is InChI=1S/C18H25N3O5/c1-2-26-18(24)15-13-16(17(23)19-9-6-11-25-12-10-22)21(20-15)14-7-4-3-5-8-14/h3-5,7-8,16,22H,2,6,9-13H2,1H3,(H,19,23). The van der Waals surface area contributed by atoms with Crippen molar-refractivity contribution in [2.75, 3.05) is 38.0 Å². The van der Waals surface area contributed by atoms with Crippen molar-refractivity contribution in [3.8, 4) is 0 Å². The lowest BCUT2D eigenvalue weighted by molar-refractivity contribution is -0.135. The number of amides is 1. The number of hydrogen-bond acceptors (Lipinski definition) is 7. The van der Waals surface area contributed by atoms with Crippen molar-refractivity contribution in [2.45, 2.75) is 25.8 Å². The van der Waals surface area contributed by atoms with Gasteiger partial charge in [0.2, 0.25) is 5.91 Å². The second kappa shape index (κ2) is 10.5. The number of aliphatic hydroxyl groups excluding tert-OH is 1. The molecule has 1 aromatic rings. The van der Waals surface area contributed by atoms with E-state index in [2.05, 4.69) is 10.4 Å². The zero-order valence-corrected chi connectivity index (χ0v) is 14.9. The van der Waals surface area contributed by atoms with Crippen LogP contribution in [-0.4, -0.2) is 61.7 Å². The van der Waals surface area contributed by atoms with Crippen LogP contribution in [0.1, 0.15) is 19.8 Å².